The number of carbonyl (C=O) groups excluding carboxylic acids is 1. The molecule has 1 heterocycles. The van der Waals surface area contributed by atoms with Crippen molar-refractivity contribution in [2.45, 2.75) is 26.7 Å². The highest BCUT2D eigenvalue weighted by Crippen LogP contribution is 2.39. The summed E-state index contributed by atoms with van der Waals surface area (Å²) in [5.74, 6) is 1.10. The molecule has 0 aliphatic heterocycles. The van der Waals surface area contributed by atoms with Crippen molar-refractivity contribution in [2.24, 2.45) is 11.8 Å². The molecule has 2 aromatic rings. The Kier molecular flexibility index (Phi) is 2.32. The van der Waals surface area contributed by atoms with Crippen LogP contribution in [0.1, 0.15) is 35.8 Å². The van der Waals surface area contributed by atoms with Gasteiger partial charge >= 0.3 is 0 Å². The van der Waals surface area contributed by atoms with Gasteiger partial charge in [0.2, 0.25) is 0 Å². The highest BCUT2D eigenvalue weighted by atomic mass is 16.1. The van der Waals surface area contributed by atoms with Crippen LogP contribution in [0.25, 0.3) is 10.9 Å². The van der Waals surface area contributed by atoms with Gasteiger partial charge in [-0.3, -0.25) is 4.79 Å². The number of fused-ring (bicyclic) bond motifs is 1. The van der Waals surface area contributed by atoms with Gasteiger partial charge in [-0.15, -0.1) is 0 Å². The summed E-state index contributed by atoms with van der Waals surface area (Å²) in [4.78, 5) is 15.8. The fourth-order valence-electron chi connectivity index (χ4n) is 2.63. The van der Waals surface area contributed by atoms with Gasteiger partial charge in [0.25, 0.3) is 0 Å². The first-order valence-corrected chi connectivity index (χ1v) is 6.30. The number of hydrogen-bond donors (Lipinski definition) is 1. The average molecular weight is 227 g/mol. The summed E-state index contributed by atoms with van der Waals surface area (Å²) in [6, 6.07) is 8.05. The summed E-state index contributed by atoms with van der Waals surface area (Å²) < 4.78 is 0. The van der Waals surface area contributed by atoms with E-state index in [0.29, 0.717) is 11.7 Å². The maximum atomic E-state index is 12.5. The van der Waals surface area contributed by atoms with Crippen LogP contribution in [-0.2, 0) is 0 Å². The molecule has 2 nitrogen and oxygen atoms in total. The van der Waals surface area contributed by atoms with Crippen LogP contribution < -0.4 is 0 Å². The molecule has 1 aromatic heterocycles. The SMILES string of the molecule is Cc1[nH]c2ccccc2c1C(=O)C(C)C1CC1. The molecule has 17 heavy (non-hydrogen) atoms. The molecule has 1 aliphatic rings. The molecule has 1 atom stereocenters. The van der Waals surface area contributed by atoms with E-state index in [4.69, 9.17) is 0 Å². The molecule has 1 fully saturated rings. The van der Waals surface area contributed by atoms with Crippen LogP contribution in [0.5, 0.6) is 0 Å². The molecule has 2 heteroatoms. The molecule has 88 valence electrons. The second-order valence-corrected chi connectivity index (χ2v) is 5.16. The van der Waals surface area contributed by atoms with Crippen LogP contribution in [0.15, 0.2) is 24.3 Å². The van der Waals surface area contributed by atoms with Crippen molar-refractivity contribution in [1.82, 2.24) is 4.98 Å². The lowest BCUT2D eigenvalue weighted by Crippen LogP contribution is -2.13. The normalized spacial score (nSPS) is 17.3. The summed E-state index contributed by atoms with van der Waals surface area (Å²) in [7, 11) is 0. The molecule has 1 aromatic carbocycles. The Morgan fingerprint density at radius 3 is 2.76 bits per heavy atom. The number of hydrogen-bond acceptors (Lipinski definition) is 1. The largest absolute Gasteiger partial charge is 0.358 e. The molecule has 0 amide bonds. The minimum absolute atomic E-state index is 0.174. The Labute approximate surface area is 101 Å². The number of ketones is 1. The molecule has 0 radical (unpaired) electrons. The van der Waals surface area contributed by atoms with Gasteiger partial charge in [0.15, 0.2) is 5.78 Å². The Bertz CT molecular complexity index is 578. The molecular weight excluding hydrogens is 210 g/mol. The molecule has 0 spiro atoms. The monoisotopic (exact) mass is 227 g/mol. The van der Waals surface area contributed by atoms with Gasteiger partial charge in [-0.05, 0) is 31.7 Å². The van der Waals surface area contributed by atoms with E-state index in [-0.39, 0.29) is 5.92 Å². The minimum atomic E-state index is 0.174. The van der Waals surface area contributed by atoms with Gasteiger partial charge in [0.1, 0.15) is 0 Å². The van der Waals surface area contributed by atoms with Gasteiger partial charge in [-0.1, -0.05) is 25.1 Å². The number of para-hydroxylation sites is 1. The summed E-state index contributed by atoms with van der Waals surface area (Å²) in [6.45, 7) is 4.06. The quantitative estimate of drug-likeness (QED) is 0.797. The van der Waals surface area contributed by atoms with Crippen molar-refractivity contribution in [2.75, 3.05) is 0 Å². The summed E-state index contributed by atoms with van der Waals surface area (Å²) in [6.07, 6.45) is 2.43. The van der Waals surface area contributed by atoms with Gasteiger partial charge in [0.05, 0.1) is 0 Å². The first-order valence-electron chi connectivity index (χ1n) is 6.30. The average Bonchev–Trinajstić information content (AvgIpc) is 3.10. The van der Waals surface area contributed by atoms with Crippen LogP contribution >= 0.6 is 0 Å². The van der Waals surface area contributed by atoms with Crippen molar-refractivity contribution >= 4 is 16.7 Å². The first kappa shape index (κ1) is 10.6. The van der Waals surface area contributed by atoms with Crippen LogP contribution in [-0.4, -0.2) is 10.8 Å². The Hall–Kier alpha value is -1.57. The van der Waals surface area contributed by atoms with Gasteiger partial charge in [0, 0.05) is 28.1 Å². The number of benzene rings is 1. The van der Waals surface area contributed by atoms with E-state index in [1.54, 1.807) is 0 Å². The van der Waals surface area contributed by atoms with Crippen LogP contribution in [0.4, 0.5) is 0 Å². The number of H-pyrrole nitrogens is 1. The fourth-order valence-corrected chi connectivity index (χ4v) is 2.63. The zero-order valence-corrected chi connectivity index (χ0v) is 10.3. The third-order valence-electron chi connectivity index (χ3n) is 3.88. The Balaban J connectivity index is 2.09. The smallest absolute Gasteiger partial charge is 0.168 e. The van der Waals surface area contributed by atoms with E-state index in [9.17, 15) is 4.79 Å². The maximum absolute atomic E-state index is 12.5. The van der Waals surface area contributed by atoms with Crippen LogP contribution in [0, 0.1) is 18.8 Å². The lowest BCUT2D eigenvalue weighted by molar-refractivity contribution is 0.0917. The van der Waals surface area contributed by atoms with Crippen molar-refractivity contribution in [3.8, 4) is 0 Å². The minimum Gasteiger partial charge on any atom is -0.358 e. The van der Waals surface area contributed by atoms with E-state index < -0.39 is 0 Å². The second kappa shape index (κ2) is 3.73. The molecule has 1 aliphatic carbocycles. The lowest BCUT2D eigenvalue weighted by Gasteiger charge is -2.08. The molecule has 1 saturated carbocycles. The molecule has 1 N–H and O–H groups in total. The zero-order chi connectivity index (χ0) is 12.0. The Morgan fingerprint density at radius 1 is 1.35 bits per heavy atom. The van der Waals surface area contributed by atoms with Crippen molar-refractivity contribution in [1.29, 1.82) is 0 Å². The third kappa shape index (κ3) is 1.68. The number of rotatable bonds is 3. The van der Waals surface area contributed by atoms with Gasteiger partial charge in [-0.25, -0.2) is 0 Å². The number of aromatic amines is 1. The predicted octanol–water partition coefficient (Wildman–Crippen LogP) is 3.71. The molecule has 1 unspecified atom stereocenters. The Morgan fingerprint density at radius 2 is 2.06 bits per heavy atom. The number of aryl methyl sites for hydroxylation is 1. The van der Waals surface area contributed by atoms with Crippen molar-refractivity contribution in [3.63, 3.8) is 0 Å². The number of aromatic nitrogens is 1. The number of Topliss-reactive ketones (excluding diaryl/α,β-unsaturated/α-hetero) is 1. The van der Waals surface area contributed by atoms with E-state index in [0.717, 1.165) is 22.2 Å². The third-order valence-corrected chi connectivity index (χ3v) is 3.88. The fraction of sp³-hybridized carbons (Fsp3) is 0.400. The molecular formula is C15H17NO. The van der Waals surface area contributed by atoms with E-state index in [1.165, 1.54) is 12.8 Å². The van der Waals surface area contributed by atoms with E-state index in [2.05, 4.69) is 11.9 Å². The first-order chi connectivity index (χ1) is 8.18. The molecule has 0 bridgehead atoms. The van der Waals surface area contributed by atoms with Crippen LogP contribution in [0.2, 0.25) is 0 Å². The van der Waals surface area contributed by atoms with Gasteiger partial charge in [-0.2, -0.15) is 0 Å². The summed E-state index contributed by atoms with van der Waals surface area (Å²) >= 11 is 0. The summed E-state index contributed by atoms with van der Waals surface area (Å²) in [5, 5.41) is 1.07. The highest BCUT2D eigenvalue weighted by Gasteiger charge is 2.34. The standard InChI is InChI=1S/C15H17NO/c1-9(11-7-8-11)15(17)14-10(2)16-13-6-4-3-5-12(13)14/h3-6,9,11,16H,7-8H2,1-2H3. The summed E-state index contributed by atoms with van der Waals surface area (Å²) in [5.41, 5.74) is 2.97. The number of carbonyl (C=O) groups is 1. The van der Waals surface area contributed by atoms with E-state index >= 15 is 0 Å². The van der Waals surface area contributed by atoms with E-state index in [1.807, 2.05) is 31.2 Å². The second-order valence-electron chi connectivity index (χ2n) is 5.16. The van der Waals surface area contributed by atoms with Crippen LogP contribution in [0.3, 0.4) is 0 Å². The lowest BCUT2D eigenvalue weighted by atomic mass is 9.93. The topological polar surface area (TPSA) is 32.9 Å². The maximum Gasteiger partial charge on any atom is 0.168 e. The van der Waals surface area contributed by atoms with Crippen molar-refractivity contribution < 1.29 is 4.79 Å². The predicted molar refractivity (Wildman–Crippen MR) is 69.3 cm³/mol. The van der Waals surface area contributed by atoms with Gasteiger partial charge < -0.3 is 4.98 Å². The molecule has 0 saturated heterocycles. The number of nitrogens with one attached hydrogen (secondary N) is 1. The van der Waals surface area contributed by atoms with Crippen molar-refractivity contribution in [3.05, 3.63) is 35.5 Å². The highest BCUT2D eigenvalue weighted by molar-refractivity contribution is 6.10. The zero-order valence-electron chi connectivity index (χ0n) is 10.3. The molecule has 3 rings (SSSR count).